The summed E-state index contributed by atoms with van der Waals surface area (Å²) in [4.78, 5) is 4.26. The van der Waals surface area contributed by atoms with Crippen molar-refractivity contribution in [3.05, 3.63) is 47.3 Å². The number of ether oxygens (including phenoxy) is 1. The molecule has 0 radical (unpaired) electrons. The Bertz CT molecular complexity index is 835. The van der Waals surface area contributed by atoms with E-state index in [-0.39, 0.29) is 16.5 Å². The fourth-order valence-corrected chi connectivity index (χ4v) is 4.81. The van der Waals surface area contributed by atoms with Crippen molar-refractivity contribution in [1.29, 1.82) is 0 Å². The molecule has 1 aromatic heterocycles. The summed E-state index contributed by atoms with van der Waals surface area (Å²) < 4.78 is 30.3. The molecule has 0 bridgehead atoms. The Morgan fingerprint density at radius 1 is 1.25 bits per heavy atom. The van der Waals surface area contributed by atoms with Gasteiger partial charge in [-0.15, -0.1) is 11.3 Å². The Morgan fingerprint density at radius 3 is 2.64 bits per heavy atom. The number of thiophene rings is 1. The molecule has 7 nitrogen and oxygen atoms in total. The first kappa shape index (κ1) is 22.2. The highest BCUT2D eigenvalue weighted by atomic mass is 32.2. The molecule has 1 aromatic carbocycles. The average molecular weight is 426 g/mol. The highest BCUT2D eigenvalue weighted by Gasteiger charge is 2.20. The molecule has 28 heavy (non-hydrogen) atoms. The Kier molecular flexibility index (Phi) is 8.75. The summed E-state index contributed by atoms with van der Waals surface area (Å²) in [7, 11) is -3.49. The number of hydrogen-bond acceptors (Lipinski definition) is 6. The molecule has 1 heterocycles. The van der Waals surface area contributed by atoms with Gasteiger partial charge in [-0.3, -0.25) is 4.99 Å². The number of nitrogens with zero attached hydrogens (tertiary/aromatic N) is 1. The lowest BCUT2D eigenvalue weighted by Gasteiger charge is -2.13. The minimum Gasteiger partial charge on any atom is -0.492 e. The molecule has 154 valence electrons. The lowest BCUT2D eigenvalue weighted by Crippen LogP contribution is -2.40. The van der Waals surface area contributed by atoms with Crippen molar-refractivity contribution in [1.82, 2.24) is 10.6 Å². The van der Waals surface area contributed by atoms with Gasteiger partial charge in [-0.05, 0) is 37.4 Å². The summed E-state index contributed by atoms with van der Waals surface area (Å²) in [6.45, 7) is 5.54. The molecule has 0 saturated carbocycles. The van der Waals surface area contributed by atoms with Crippen LogP contribution in [0.15, 0.2) is 51.0 Å². The molecule has 1 unspecified atom stereocenters. The van der Waals surface area contributed by atoms with Crippen molar-refractivity contribution < 1.29 is 18.3 Å². The largest absolute Gasteiger partial charge is 0.492 e. The van der Waals surface area contributed by atoms with Crippen LogP contribution in [-0.2, 0) is 9.84 Å². The maximum absolute atomic E-state index is 12.2. The van der Waals surface area contributed by atoms with Gasteiger partial charge in [0.2, 0.25) is 0 Å². The number of aliphatic hydroxyl groups excluding tert-OH is 1. The minimum atomic E-state index is -3.49. The zero-order valence-electron chi connectivity index (χ0n) is 16.1. The predicted molar refractivity (Wildman–Crippen MR) is 113 cm³/mol. The van der Waals surface area contributed by atoms with Gasteiger partial charge in [-0.2, -0.15) is 0 Å². The lowest BCUT2D eigenvalue weighted by atomic mass is 10.2. The molecule has 0 spiro atoms. The number of sulfone groups is 1. The van der Waals surface area contributed by atoms with E-state index < -0.39 is 15.9 Å². The Hall–Kier alpha value is -2.10. The van der Waals surface area contributed by atoms with Gasteiger partial charge >= 0.3 is 0 Å². The van der Waals surface area contributed by atoms with Crippen molar-refractivity contribution >= 4 is 27.1 Å². The normalized spacial score (nSPS) is 13.2. The first-order valence-electron chi connectivity index (χ1n) is 9.06. The summed E-state index contributed by atoms with van der Waals surface area (Å²) >= 11 is 1.14. The van der Waals surface area contributed by atoms with Crippen molar-refractivity contribution in [3.8, 4) is 5.75 Å². The van der Waals surface area contributed by atoms with Crippen LogP contribution in [-0.4, -0.2) is 57.6 Å². The second-order valence-corrected chi connectivity index (χ2v) is 9.38. The van der Waals surface area contributed by atoms with E-state index in [1.165, 1.54) is 11.6 Å². The number of nitrogens with one attached hydrogen (secondary N) is 2. The second-order valence-electron chi connectivity index (χ2n) is 6.18. The van der Waals surface area contributed by atoms with Gasteiger partial charge in [0.1, 0.15) is 16.6 Å². The van der Waals surface area contributed by atoms with E-state index in [4.69, 9.17) is 4.74 Å². The first-order valence-corrected chi connectivity index (χ1v) is 11.6. The maximum atomic E-state index is 12.2. The number of hydrogen-bond donors (Lipinski definition) is 3. The lowest BCUT2D eigenvalue weighted by molar-refractivity contribution is 0.206. The predicted octanol–water partition coefficient (Wildman–Crippen LogP) is 1.83. The number of rotatable bonds is 10. The quantitative estimate of drug-likeness (QED) is 0.305. The van der Waals surface area contributed by atoms with E-state index in [0.29, 0.717) is 25.7 Å². The van der Waals surface area contributed by atoms with Crippen LogP contribution in [0.2, 0.25) is 0 Å². The van der Waals surface area contributed by atoms with Crippen molar-refractivity contribution in [2.75, 3.05) is 32.0 Å². The van der Waals surface area contributed by atoms with E-state index in [2.05, 4.69) is 15.6 Å². The van der Waals surface area contributed by atoms with E-state index in [0.717, 1.165) is 17.1 Å². The molecule has 9 heteroatoms. The van der Waals surface area contributed by atoms with Gasteiger partial charge in [0.15, 0.2) is 15.8 Å². The molecule has 0 fully saturated rings. The van der Waals surface area contributed by atoms with Gasteiger partial charge in [0, 0.05) is 6.54 Å². The van der Waals surface area contributed by atoms with Crippen molar-refractivity contribution in [2.45, 2.75) is 24.2 Å². The molecule has 0 aliphatic heterocycles. The molecule has 3 N–H and O–H groups in total. The van der Waals surface area contributed by atoms with Crippen LogP contribution in [0.25, 0.3) is 0 Å². The maximum Gasteiger partial charge on any atom is 0.191 e. The molecule has 0 aliphatic carbocycles. The molecule has 2 aromatic rings. The Balaban J connectivity index is 1.79. The van der Waals surface area contributed by atoms with Crippen molar-refractivity contribution in [3.63, 3.8) is 0 Å². The van der Waals surface area contributed by atoms with Gasteiger partial charge in [-0.1, -0.05) is 23.8 Å². The minimum absolute atomic E-state index is 0.0151. The third-order valence-electron chi connectivity index (χ3n) is 3.70. The van der Waals surface area contributed by atoms with Crippen LogP contribution >= 0.6 is 11.3 Å². The monoisotopic (exact) mass is 425 g/mol. The number of aryl methyl sites for hydroxylation is 1. The summed E-state index contributed by atoms with van der Waals surface area (Å²) in [5.74, 6) is 0.943. The van der Waals surface area contributed by atoms with Gasteiger partial charge in [0.25, 0.3) is 0 Å². The number of aliphatic imine (C=N–C) groups is 1. The van der Waals surface area contributed by atoms with Crippen LogP contribution in [0.1, 0.15) is 12.5 Å². The fraction of sp³-hybridized carbons (Fsp3) is 0.421. The van der Waals surface area contributed by atoms with Crippen LogP contribution in [0.4, 0.5) is 0 Å². The van der Waals surface area contributed by atoms with Gasteiger partial charge < -0.3 is 20.5 Å². The van der Waals surface area contributed by atoms with E-state index in [9.17, 15) is 13.5 Å². The smallest absolute Gasteiger partial charge is 0.191 e. The SMILES string of the molecule is CCNC(=NCC(O)CS(=O)(=O)c1cccs1)NCCOc1ccc(C)cc1. The first-order chi connectivity index (χ1) is 13.4. The molecule has 2 rings (SSSR count). The fourth-order valence-electron chi connectivity index (χ4n) is 2.34. The number of aliphatic hydroxyl groups is 1. The van der Waals surface area contributed by atoms with E-state index in [1.54, 1.807) is 11.4 Å². The highest BCUT2D eigenvalue weighted by molar-refractivity contribution is 7.93. The van der Waals surface area contributed by atoms with Crippen LogP contribution in [0, 0.1) is 6.92 Å². The van der Waals surface area contributed by atoms with Crippen LogP contribution in [0.5, 0.6) is 5.75 Å². The zero-order chi connectivity index (χ0) is 20.4. The Labute approximate surface area is 170 Å². The summed E-state index contributed by atoms with van der Waals surface area (Å²) in [5, 5.41) is 17.9. The van der Waals surface area contributed by atoms with Crippen LogP contribution in [0.3, 0.4) is 0 Å². The van der Waals surface area contributed by atoms with E-state index >= 15 is 0 Å². The summed E-state index contributed by atoms with van der Waals surface area (Å²) in [6, 6.07) is 11.0. The molecule has 0 saturated heterocycles. The Morgan fingerprint density at radius 2 is 2.00 bits per heavy atom. The highest BCUT2D eigenvalue weighted by Crippen LogP contribution is 2.18. The molecule has 1 atom stereocenters. The zero-order valence-corrected chi connectivity index (χ0v) is 17.7. The standard InChI is InChI=1S/C19H27N3O4S2/c1-3-20-19(21-10-11-26-17-8-6-15(2)7-9-17)22-13-16(23)14-28(24,25)18-5-4-12-27-18/h4-9,12,16,23H,3,10-11,13-14H2,1-2H3,(H2,20,21,22). The third kappa shape index (κ3) is 7.49. The second kappa shape index (κ2) is 11.0. The summed E-state index contributed by atoms with van der Waals surface area (Å²) in [6.07, 6.45) is -1.08. The molecule has 0 amide bonds. The van der Waals surface area contributed by atoms with Gasteiger partial charge in [-0.25, -0.2) is 8.42 Å². The molecular weight excluding hydrogens is 398 g/mol. The average Bonchev–Trinajstić information content (AvgIpc) is 3.20. The summed E-state index contributed by atoms with van der Waals surface area (Å²) in [5.41, 5.74) is 1.17. The van der Waals surface area contributed by atoms with Gasteiger partial charge in [0.05, 0.1) is 24.9 Å². The number of guanidine groups is 1. The molecule has 0 aliphatic rings. The topological polar surface area (TPSA) is 100 Å². The molecular formula is C19H27N3O4S2. The number of benzene rings is 1. The van der Waals surface area contributed by atoms with Crippen molar-refractivity contribution in [2.24, 2.45) is 4.99 Å². The van der Waals surface area contributed by atoms with E-state index in [1.807, 2.05) is 38.1 Å². The third-order valence-corrected chi connectivity index (χ3v) is 6.99. The van der Waals surface area contributed by atoms with Crippen LogP contribution < -0.4 is 15.4 Å².